The number of rotatable bonds is 4. The fraction of sp³-hybridized carbons (Fsp3) is 0.267. The van der Waals surface area contributed by atoms with Gasteiger partial charge >= 0.3 is 0 Å². The zero-order chi connectivity index (χ0) is 13.8. The lowest BCUT2D eigenvalue weighted by molar-refractivity contribution is 0.873. The van der Waals surface area contributed by atoms with E-state index in [-0.39, 0.29) is 0 Å². The summed E-state index contributed by atoms with van der Waals surface area (Å²) in [6, 6.07) is 12.3. The maximum Gasteiger partial charge on any atom is 0.0600 e. The summed E-state index contributed by atoms with van der Waals surface area (Å²) in [7, 11) is 2.06. The van der Waals surface area contributed by atoms with E-state index in [4.69, 9.17) is 5.73 Å². The summed E-state index contributed by atoms with van der Waals surface area (Å²) in [5.41, 5.74) is 10.0. The van der Waals surface area contributed by atoms with Gasteiger partial charge < -0.3 is 10.6 Å². The third kappa shape index (κ3) is 3.55. The predicted octanol–water partition coefficient (Wildman–Crippen LogP) is 3.25. The summed E-state index contributed by atoms with van der Waals surface area (Å²) in [6.45, 7) is 3.35. The Balaban J connectivity index is 2.18. The summed E-state index contributed by atoms with van der Waals surface area (Å²) in [5, 5.41) is 0. The number of aromatic nitrogens is 1. The van der Waals surface area contributed by atoms with Crippen molar-refractivity contribution >= 4 is 21.6 Å². The molecule has 0 saturated heterocycles. The molecule has 0 unspecified atom stereocenters. The summed E-state index contributed by atoms with van der Waals surface area (Å²) in [6.07, 6.45) is 0. The second-order valence-corrected chi connectivity index (χ2v) is 5.47. The van der Waals surface area contributed by atoms with Gasteiger partial charge in [0.2, 0.25) is 0 Å². The van der Waals surface area contributed by atoms with Crippen molar-refractivity contribution < 1.29 is 0 Å². The Morgan fingerprint density at radius 1 is 1.26 bits per heavy atom. The number of halogens is 1. The molecule has 4 heteroatoms. The maximum atomic E-state index is 5.64. The molecule has 0 aliphatic carbocycles. The lowest BCUT2D eigenvalue weighted by atomic mass is 10.2. The molecule has 2 aromatic rings. The molecule has 0 amide bonds. The molecule has 0 fully saturated rings. The molecular formula is C15H18BrN3. The molecule has 0 atom stereocenters. The quantitative estimate of drug-likeness (QED) is 0.940. The normalized spacial score (nSPS) is 10.5. The van der Waals surface area contributed by atoms with Crippen LogP contribution in [0.5, 0.6) is 0 Å². The number of benzene rings is 1. The van der Waals surface area contributed by atoms with Gasteiger partial charge in [-0.3, -0.25) is 4.98 Å². The summed E-state index contributed by atoms with van der Waals surface area (Å²) in [5.74, 6) is 0. The van der Waals surface area contributed by atoms with E-state index in [0.717, 1.165) is 33.7 Å². The van der Waals surface area contributed by atoms with E-state index in [0.29, 0.717) is 6.54 Å². The third-order valence-corrected chi connectivity index (χ3v) is 3.64. The van der Waals surface area contributed by atoms with E-state index in [2.05, 4.69) is 51.1 Å². The molecule has 19 heavy (non-hydrogen) atoms. The number of hydrogen-bond acceptors (Lipinski definition) is 3. The van der Waals surface area contributed by atoms with Crippen LogP contribution < -0.4 is 10.6 Å². The third-order valence-electron chi connectivity index (χ3n) is 3.00. The Hall–Kier alpha value is -1.39. The zero-order valence-corrected chi connectivity index (χ0v) is 12.8. The van der Waals surface area contributed by atoms with Crippen LogP contribution in [0.15, 0.2) is 40.9 Å². The smallest absolute Gasteiger partial charge is 0.0600 e. The van der Waals surface area contributed by atoms with Gasteiger partial charge in [0.05, 0.1) is 17.9 Å². The van der Waals surface area contributed by atoms with Gasteiger partial charge in [-0.2, -0.15) is 0 Å². The first-order valence-electron chi connectivity index (χ1n) is 6.22. The first kappa shape index (κ1) is 14.0. The molecule has 0 bridgehead atoms. The van der Waals surface area contributed by atoms with Crippen molar-refractivity contribution in [2.24, 2.45) is 5.73 Å². The van der Waals surface area contributed by atoms with E-state index < -0.39 is 0 Å². The average Bonchev–Trinajstić information content (AvgIpc) is 2.38. The zero-order valence-electron chi connectivity index (χ0n) is 11.2. The largest absolute Gasteiger partial charge is 0.368 e. The van der Waals surface area contributed by atoms with Crippen molar-refractivity contribution in [3.63, 3.8) is 0 Å². The van der Waals surface area contributed by atoms with E-state index in [1.807, 2.05) is 25.1 Å². The van der Waals surface area contributed by atoms with Gasteiger partial charge in [0.25, 0.3) is 0 Å². The minimum absolute atomic E-state index is 0.558. The Kier molecular flexibility index (Phi) is 4.56. The highest BCUT2D eigenvalue weighted by Gasteiger charge is 2.07. The Bertz CT molecular complexity index is 569. The van der Waals surface area contributed by atoms with Crippen molar-refractivity contribution in [3.8, 4) is 0 Å². The van der Waals surface area contributed by atoms with E-state index >= 15 is 0 Å². The first-order chi connectivity index (χ1) is 9.10. The van der Waals surface area contributed by atoms with Crippen molar-refractivity contribution in [3.05, 3.63) is 57.8 Å². The lowest BCUT2D eigenvalue weighted by Gasteiger charge is -2.21. The Labute approximate surface area is 122 Å². The van der Waals surface area contributed by atoms with Crippen molar-refractivity contribution in [2.75, 3.05) is 11.9 Å². The van der Waals surface area contributed by atoms with E-state index in [1.54, 1.807) is 0 Å². The standard InChI is InChI=1S/C15H18BrN3/c1-11-4-3-5-13(18-11)10-19(2)15-7-6-12(9-17)8-14(15)16/h3-8H,9-10,17H2,1-2H3. The van der Waals surface area contributed by atoms with Crippen LogP contribution in [-0.4, -0.2) is 12.0 Å². The van der Waals surface area contributed by atoms with Crippen LogP contribution in [0.2, 0.25) is 0 Å². The Morgan fingerprint density at radius 3 is 2.68 bits per heavy atom. The van der Waals surface area contributed by atoms with E-state index in [1.165, 1.54) is 0 Å². The summed E-state index contributed by atoms with van der Waals surface area (Å²) in [4.78, 5) is 6.70. The number of pyridine rings is 1. The first-order valence-corrected chi connectivity index (χ1v) is 7.01. The van der Waals surface area contributed by atoms with Crippen LogP contribution in [0.4, 0.5) is 5.69 Å². The minimum atomic E-state index is 0.558. The van der Waals surface area contributed by atoms with Gasteiger partial charge in [-0.05, 0) is 52.7 Å². The van der Waals surface area contributed by atoms with Gasteiger partial charge in [0, 0.05) is 23.8 Å². The topological polar surface area (TPSA) is 42.1 Å². The highest BCUT2D eigenvalue weighted by Crippen LogP contribution is 2.27. The molecule has 1 heterocycles. The predicted molar refractivity (Wildman–Crippen MR) is 83.1 cm³/mol. The van der Waals surface area contributed by atoms with Crippen LogP contribution in [0.25, 0.3) is 0 Å². The van der Waals surface area contributed by atoms with Crippen molar-refractivity contribution in [1.82, 2.24) is 4.98 Å². The Morgan fingerprint density at radius 2 is 2.05 bits per heavy atom. The molecule has 0 aliphatic heterocycles. The number of nitrogens with zero attached hydrogens (tertiary/aromatic N) is 2. The van der Waals surface area contributed by atoms with E-state index in [9.17, 15) is 0 Å². The van der Waals surface area contributed by atoms with Crippen molar-refractivity contribution in [2.45, 2.75) is 20.0 Å². The fourth-order valence-corrected chi connectivity index (χ4v) is 2.73. The molecule has 100 valence electrons. The lowest BCUT2D eigenvalue weighted by Crippen LogP contribution is -2.18. The number of hydrogen-bond donors (Lipinski definition) is 1. The number of anilines is 1. The van der Waals surface area contributed by atoms with Crippen LogP contribution in [0.1, 0.15) is 17.0 Å². The van der Waals surface area contributed by atoms with Gasteiger partial charge in [-0.25, -0.2) is 0 Å². The molecule has 0 radical (unpaired) electrons. The molecule has 1 aromatic carbocycles. The van der Waals surface area contributed by atoms with Crippen LogP contribution in [0, 0.1) is 6.92 Å². The van der Waals surface area contributed by atoms with Crippen LogP contribution >= 0.6 is 15.9 Å². The molecule has 1 aromatic heterocycles. The number of aryl methyl sites for hydroxylation is 1. The molecule has 0 saturated carbocycles. The molecule has 2 rings (SSSR count). The van der Waals surface area contributed by atoms with Crippen molar-refractivity contribution in [1.29, 1.82) is 0 Å². The maximum absolute atomic E-state index is 5.64. The van der Waals surface area contributed by atoms with Gasteiger partial charge in [-0.15, -0.1) is 0 Å². The molecule has 2 N–H and O–H groups in total. The van der Waals surface area contributed by atoms with Gasteiger partial charge in [-0.1, -0.05) is 12.1 Å². The highest BCUT2D eigenvalue weighted by molar-refractivity contribution is 9.10. The minimum Gasteiger partial charge on any atom is -0.368 e. The summed E-state index contributed by atoms with van der Waals surface area (Å²) >= 11 is 3.60. The summed E-state index contributed by atoms with van der Waals surface area (Å²) < 4.78 is 1.06. The molecule has 3 nitrogen and oxygen atoms in total. The molecule has 0 aliphatic rings. The molecular weight excluding hydrogens is 302 g/mol. The molecule has 0 spiro atoms. The second kappa shape index (κ2) is 6.17. The SMILES string of the molecule is Cc1cccc(CN(C)c2ccc(CN)cc2Br)n1. The fourth-order valence-electron chi connectivity index (χ4n) is 2.00. The van der Waals surface area contributed by atoms with Gasteiger partial charge in [0.1, 0.15) is 0 Å². The number of nitrogens with two attached hydrogens (primary N) is 1. The average molecular weight is 320 g/mol. The highest BCUT2D eigenvalue weighted by atomic mass is 79.9. The van der Waals surface area contributed by atoms with Crippen LogP contribution in [-0.2, 0) is 13.1 Å². The monoisotopic (exact) mass is 319 g/mol. The van der Waals surface area contributed by atoms with Crippen LogP contribution in [0.3, 0.4) is 0 Å². The second-order valence-electron chi connectivity index (χ2n) is 4.62. The van der Waals surface area contributed by atoms with Gasteiger partial charge in [0.15, 0.2) is 0 Å².